The zero-order chi connectivity index (χ0) is 14.5. The summed E-state index contributed by atoms with van der Waals surface area (Å²) in [6.07, 6.45) is 0. The van der Waals surface area contributed by atoms with Gasteiger partial charge in [-0.3, -0.25) is 0 Å². The summed E-state index contributed by atoms with van der Waals surface area (Å²) in [7, 11) is 0. The van der Waals surface area contributed by atoms with E-state index in [9.17, 15) is 4.39 Å². The average molecular weight is 271 g/mol. The highest BCUT2D eigenvalue weighted by atomic mass is 19.1. The molecule has 0 radical (unpaired) electrons. The predicted molar refractivity (Wildman–Crippen MR) is 82.5 cm³/mol. The number of hydrogen-bond donors (Lipinski definition) is 1. The Hall–Kier alpha value is -1.67. The Labute approximate surface area is 120 Å². The molecule has 0 spiro atoms. The molecule has 2 aromatic rings. The van der Waals surface area contributed by atoms with E-state index in [0.29, 0.717) is 11.5 Å². The van der Waals surface area contributed by atoms with E-state index < -0.39 is 0 Å². The summed E-state index contributed by atoms with van der Waals surface area (Å²) in [5.74, 6) is 0.349. The summed E-state index contributed by atoms with van der Waals surface area (Å²) in [5.41, 5.74) is 3.10. The van der Waals surface area contributed by atoms with E-state index in [1.807, 2.05) is 19.1 Å². The molecule has 0 aromatic heterocycles. The Morgan fingerprint density at radius 2 is 1.55 bits per heavy atom. The van der Waals surface area contributed by atoms with Crippen molar-refractivity contribution in [1.29, 1.82) is 0 Å². The van der Waals surface area contributed by atoms with Crippen LogP contribution in [0.5, 0.6) is 0 Å². The predicted octanol–water partition coefficient (Wildman–Crippen LogP) is 4.65. The maximum Gasteiger partial charge on any atom is 0.128 e. The van der Waals surface area contributed by atoms with Crippen LogP contribution in [-0.4, -0.2) is 6.54 Å². The van der Waals surface area contributed by atoms with E-state index in [4.69, 9.17) is 0 Å². The zero-order valence-corrected chi connectivity index (χ0v) is 12.4. The van der Waals surface area contributed by atoms with E-state index in [0.717, 1.165) is 12.1 Å². The van der Waals surface area contributed by atoms with Crippen LogP contribution in [-0.2, 0) is 0 Å². The summed E-state index contributed by atoms with van der Waals surface area (Å²) in [6.45, 7) is 7.18. The van der Waals surface area contributed by atoms with Gasteiger partial charge in [0, 0.05) is 5.56 Å². The molecule has 0 aliphatic heterocycles. The van der Waals surface area contributed by atoms with E-state index in [1.165, 1.54) is 11.6 Å². The fourth-order valence-corrected chi connectivity index (χ4v) is 2.39. The molecule has 2 rings (SSSR count). The molecule has 0 aliphatic carbocycles. The highest BCUT2D eigenvalue weighted by Gasteiger charge is 2.16. The first-order valence-corrected chi connectivity index (χ1v) is 7.21. The van der Waals surface area contributed by atoms with Crippen molar-refractivity contribution in [3.05, 3.63) is 71.0 Å². The molecule has 0 aliphatic rings. The molecule has 2 heteroatoms. The van der Waals surface area contributed by atoms with E-state index in [2.05, 4.69) is 43.4 Å². The van der Waals surface area contributed by atoms with Gasteiger partial charge < -0.3 is 5.32 Å². The fraction of sp³-hybridized carbons (Fsp3) is 0.333. The van der Waals surface area contributed by atoms with Crippen molar-refractivity contribution in [1.82, 2.24) is 5.32 Å². The van der Waals surface area contributed by atoms with Crippen molar-refractivity contribution in [2.75, 3.05) is 6.54 Å². The van der Waals surface area contributed by atoms with Gasteiger partial charge in [-0.2, -0.15) is 0 Å². The average Bonchev–Trinajstić information content (AvgIpc) is 2.46. The number of benzene rings is 2. The minimum Gasteiger partial charge on any atom is -0.306 e. The van der Waals surface area contributed by atoms with Crippen LogP contribution in [0.3, 0.4) is 0 Å². The topological polar surface area (TPSA) is 12.0 Å². The third-order valence-electron chi connectivity index (χ3n) is 3.56. The van der Waals surface area contributed by atoms with Gasteiger partial charge >= 0.3 is 0 Å². The lowest BCUT2D eigenvalue weighted by Crippen LogP contribution is -2.23. The van der Waals surface area contributed by atoms with Crippen LogP contribution >= 0.6 is 0 Å². The highest BCUT2D eigenvalue weighted by Crippen LogP contribution is 2.26. The van der Waals surface area contributed by atoms with Crippen molar-refractivity contribution in [3.8, 4) is 0 Å². The third kappa shape index (κ3) is 3.26. The number of nitrogens with one attached hydrogen (secondary N) is 1. The highest BCUT2D eigenvalue weighted by molar-refractivity contribution is 5.35. The molecule has 0 heterocycles. The van der Waals surface area contributed by atoms with Gasteiger partial charge in [-0.15, -0.1) is 0 Å². The molecule has 1 atom stereocenters. The number of hydrogen-bond acceptors (Lipinski definition) is 1. The van der Waals surface area contributed by atoms with Gasteiger partial charge in [-0.25, -0.2) is 4.39 Å². The van der Waals surface area contributed by atoms with Crippen LogP contribution in [0.2, 0.25) is 0 Å². The van der Waals surface area contributed by atoms with Crippen LogP contribution < -0.4 is 5.32 Å². The number of halogens is 1. The summed E-state index contributed by atoms with van der Waals surface area (Å²) in [5, 5.41) is 3.36. The molecule has 1 N–H and O–H groups in total. The minimum absolute atomic E-state index is 0.0950. The van der Waals surface area contributed by atoms with Crippen LogP contribution in [0, 0.1) is 5.82 Å². The van der Waals surface area contributed by atoms with Gasteiger partial charge in [-0.05, 0) is 29.7 Å². The molecular weight excluding hydrogens is 249 g/mol. The van der Waals surface area contributed by atoms with Crippen molar-refractivity contribution in [2.45, 2.75) is 32.7 Å². The molecule has 0 fully saturated rings. The van der Waals surface area contributed by atoms with Crippen LogP contribution in [0.1, 0.15) is 49.4 Å². The Morgan fingerprint density at radius 1 is 0.950 bits per heavy atom. The van der Waals surface area contributed by atoms with Gasteiger partial charge in [0.05, 0.1) is 6.04 Å². The lowest BCUT2D eigenvalue weighted by Gasteiger charge is -2.20. The van der Waals surface area contributed by atoms with Crippen molar-refractivity contribution in [2.24, 2.45) is 0 Å². The van der Waals surface area contributed by atoms with E-state index in [-0.39, 0.29) is 11.9 Å². The Kier molecular flexibility index (Phi) is 4.91. The molecule has 20 heavy (non-hydrogen) atoms. The Morgan fingerprint density at radius 3 is 2.10 bits per heavy atom. The second-order valence-electron chi connectivity index (χ2n) is 5.33. The Bertz CT molecular complexity index is 546. The standard InChI is InChI=1S/C18H22FN/c1-4-20-18(16-7-5-6-8-17(16)19)15-11-9-14(10-12-15)13(2)3/h5-13,18,20H,4H2,1-3H3. The van der Waals surface area contributed by atoms with Crippen molar-refractivity contribution >= 4 is 0 Å². The second kappa shape index (κ2) is 6.67. The number of rotatable bonds is 5. The maximum absolute atomic E-state index is 14.0. The lowest BCUT2D eigenvalue weighted by molar-refractivity contribution is 0.559. The van der Waals surface area contributed by atoms with Gasteiger partial charge in [-0.1, -0.05) is 63.2 Å². The summed E-state index contributed by atoms with van der Waals surface area (Å²) < 4.78 is 14.0. The molecule has 2 aromatic carbocycles. The third-order valence-corrected chi connectivity index (χ3v) is 3.56. The SMILES string of the molecule is CCNC(c1ccc(C(C)C)cc1)c1ccccc1F. The molecule has 0 saturated carbocycles. The smallest absolute Gasteiger partial charge is 0.128 e. The monoisotopic (exact) mass is 271 g/mol. The summed E-state index contributed by atoms with van der Waals surface area (Å²) in [4.78, 5) is 0. The van der Waals surface area contributed by atoms with Crippen LogP contribution in [0.4, 0.5) is 4.39 Å². The second-order valence-corrected chi connectivity index (χ2v) is 5.33. The molecule has 0 bridgehead atoms. The van der Waals surface area contributed by atoms with Gasteiger partial charge in [0.25, 0.3) is 0 Å². The first kappa shape index (κ1) is 14.7. The van der Waals surface area contributed by atoms with Crippen LogP contribution in [0.25, 0.3) is 0 Å². The molecule has 0 amide bonds. The largest absolute Gasteiger partial charge is 0.306 e. The molecule has 106 valence electrons. The lowest BCUT2D eigenvalue weighted by atomic mass is 9.95. The van der Waals surface area contributed by atoms with E-state index >= 15 is 0 Å². The molecule has 1 unspecified atom stereocenters. The first-order valence-electron chi connectivity index (χ1n) is 7.21. The molecule has 1 nitrogen and oxygen atoms in total. The normalized spacial score (nSPS) is 12.7. The summed E-state index contributed by atoms with van der Waals surface area (Å²) in [6, 6.07) is 15.3. The maximum atomic E-state index is 14.0. The molecular formula is C18H22FN. The molecule has 0 saturated heterocycles. The van der Waals surface area contributed by atoms with Crippen LogP contribution in [0.15, 0.2) is 48.5 Å². The van der Waals surface area contributed by atoms with Crippen molar-refractivity contribution < 1.29 is 4.39 Å². The van der Waals surface area contributed by atoms with Gasteiger partial charge in [0.1, 0.15) is 5.82 Å². The van der Waals surface area contributed by atoms with Gasteiger partial charge in [0.15, 0.2) is 0 Å². The minimum atomic E-state index is -0.161. The first-order chi connectivity index (χ1) is 9.63. The fourth-order valence-electron chi connectivity index (χ4n) is 2.39. The van der Waals surface area contributed by atoms with Gasteiger partial charge in [0.2, 0.25) is 0 Å². The zero-order valence-electron chi connectivity index (χ0n) is 12.4. The van der Waals surface area contributed by atoms with Crippen molar-refractivity contribution in [3.63, 3.8) is 0 Å². The quantitative estimate of drug-likeness (QED) is 0.834. The Balaban J connectivity index is 2.36. The van der Waals surface area contributed by atoms with E-state index in [1.54, 1.807) is 6.07 Å². The summed E-state index contributed by atoms with van der Waals surface area (Å²) >= 11 is 0.